The first-order chi connectivity index (χ1) is 4.35. The van der Waals surface area contributed by atoms with E-state index in [9.17, 15) is 4.39 Å². The van der Waals surface area contributed by atoms with Crippen molar-refractivity contribution in [1.29, 1.82) is 0 Å². The molecule has 2 aliphatic heterocycles. The van der Waals surface area contributed by atoms with Crippen molar-refractivity contribution >= 4 is 0 Å². The Morgan fingerprint density at radius 1 is 1.78 bits per heavy atom. The smallest absolute Gasteiger partial charge is 0.120 e. The number of morpholine rings is 1. The van der Waals surface area contributed by atoms with Crippen molar-refractivity contribution in [3.05, 3.63) is 0 Å². The van der Waals surface area contributed by atoms with E-state index in [2.05, 4.69) is 5.32 Å². The minimum atomic E-state index is -0.426. The molecule has 2 bridgehead atoms. The molecule has 2 heterocycles. The van der Waals surface area contributed by atoms with Crippen molar-refractivity contribution in [1.82, 2.24) is 5.32 Å². The summed E-state index contributed by atoms with van der Waals surface area (Å²) in [5.74, 6) is 0. The van der Waals surface area contributed by atoms with Crippen LogP contribution in [-0.2, 0) is 4.74 Å². The average molecular weight is 131 g/mol. The Morgan fingerprint density at radius 2 is 2.67 bits per heavy atom. The molecule has 0 radical (unpaired) electrons. The Morgan fingerprint density at radius 3 is 2.89 bits per heavy atom. The molecule has 0 amide bonds. The number of fused-ring (bicyclic) bond motifs is 2. The number of rotatable bonds is 1. The molecule has 0 saturated carbocycles. The van der Waals surface area contributed by atoms with E-state index in [4.69, 9.17) is 4.74 Å². The lowest BCUT2D eigenvalue weighted by atomic mass is 10.1. The fourth-order valence-corrected chi connectivity index (χ4v) is 1.57. The van der Waals surface area contributed by atoms with Gasteiger partial charge in [-0.1, -0.05) is 0 Å². The molecule has 0 aromatic carbocycles. The van der Waals surface area contributed by atoms with Gasteiger partial charge in [-0.15, -0.1) is 0 Å². The van der Waals surface area contributed by atoms with Crippen LogP contribution in [0.5, 0.6) is 0 Å². The van der Waals surface area contributed by atoms with Crippen LogP contribution in [0.1, 0.15) is 6.42 Å². The van der Waals surface area contributed by atoms with E-state index in [1.807, 2.05) is 0 Å². The van der Waals surface area contributed by atoms with Gasteiger partial charge in [0.2, 0.25) is 0 Å². The van der Waals surface area contributed by atoms with Gasteiger partial charge in [0.15, 0.2) is 0 Å². The van der Waals surface area contributed by atoms with E-state index in [1.165, 1.54) is 0 Å². The molecule has 2 aliphatic rings. The highest BCUT2D eigenvalue weighted by atomic mass is 19.1. The van der Waals surface area contributed by atoms with Crippen LogP contribution in [0.2, 0.25) is 0 Å². The van der Waals surface area contributed by atoms with Crippen LogP contribution in [0, 0.1) is 0 Å². The van der Waals surface area contributed by atoms with Crippen molar-refractivity contribution < 1.29 is 9.13 Å². The first kappa shape index (κ1) is 5.62. The van der Waals surface area contributed by atoms with Crippen LogP contribution in [-0.4, -0.2) is 31.5 Å². The Labute approximate surface area is 53.4 Å². The molecule has 0 aromatic heterocycles. The zero-order valence-electron chi connectivity index (χ0n) is 5.19. The average Bonchev–Trinajstić information content (AvgIpc) is 2.46. The van der Waals surface area contributed by atoms with Gasteiger partial charge >= 0.3 is 0 Å². The van der Waals surface area contributed by atoms with Gasteiger partial charge in [0, 0.05) is 12.6 Å². The summed E-state index contributed by atoms with van der Waals surface area (Å²) in [5, 5.41) is 3.18. The summed E-state index contributed by atoms with van der Waals surface area (Å²) in [6.45, 7) is 1.06. The van der Waals surface area contributed by atoms with Crippen LogP contribution in [0.4, 0.5) is 4.39 Å². The topological polar surface area (TPSA) is 21.3 Å². The number of halogens is 1. The molecule has 0 spiro atoms. The molecule has 2 fully saturated rings. The van der Waals surface area contributed by atoms with Crippen LogP contribution >= 0.6 is 0 Å². The summed E-state index contributed by atoms with van der Waals surface area (Å²) in [6.07, 6.45) is 0.865. The minimum absolute atomic E-state index is 0.337. The molecule has 0 aliphatic carbocycles. The monoisotopic (exact) mass is 131 g/mol. The Bertz CT molecular complexity index is 120. The number of alkyl halides is 1. The van der Waals surface area contributed by atoms with Crippen molar-refractivity contribution in [3.63, 3.8) is 0 Å². The van der Waals surface area contributed by atoms with Gasteiger partial charge in [-0.3, -0.25) is 0 Å². The highest BCUT2D eigenvalue weighted by molar-refractivity contribution is 5.00. The molecule has 3 heteroatoms. The van der Waals surface area contributed by atoms with E-state index in [-0.39, 0.29) is 6.67 Å². The second-order valence-corrected chi connectivity index (χ2v) is 2.91. The SMILES string of the molecule is FCC12CNC(CO1)C2. The first-order valence-electron chi connectivity index (χ1n) is 3.28. The highest BCUT2D eigenvalue weighted by Crippen LogP contribution is 2.31. The minimum Gasteiger partial charge on any atom is -0.369 e. The Kier molecular flexibility index (Phi) is 1.04. The van der Waals surface area contributed by atoms with Gasteiger partial charge < -0.3 is 10.1 Å². The fraction of sp³-hybridized carbons (Fsp3) is 1.00. The van der Waals surface area contributed by atoms with E-state index in [0.29, 0.717) is 19.2 Å². The second kappa shape index (κ2) is 1.67. The van der Waals surface area contributed by atoms with Gasteiger partial charge in [-0.05, 0) is 6.42 Å². The molecule has 2 atom stereocenters. The molecule has 9 heavy (non-hydrogen) atoms. The summed E-state index contributed by atoms with van der Waals surface area (Å²) in [4.78, 5) is 0. The zero-order chi connectivity index (χ0) is 6.32. The van der Waals surface area contributed by atoms with Crippen LogP contribution < -0.4 is 5.32 Å². The third-order valence-electron chi connectivity index (χ3n) is 2.17. The van der Waals surface area contributed by atoms with Crippen LogP contribution in [0.15, 0.2) is 0 Å². The molecule has 2 rings (SSSR count). The van der Waals surface area contributed by atoms with Crippen LogP contribution in [0.3, 0.4) is 0 Å². The van der Waals surface area contributed by atoms with E-state index < -0.39 is 5.60 Å². The number of nitrogens with one attached hydrogen (secondary N) is 1. The predicted molar refractivity (Wildman–Crippen MR) is 31.1 cm³/mol. The second-order valence-electron chi connectivity index (χ2n) is 2.91. The maximum absolute atomic E-state index is 12.2. The Hall–Kier alpha value is -0.150. The zero-order valence-corrected chi connectivity index (χ0v) is 5.19. The van der Waals surface area contributed by atoms with Gasteiger partial charge in [0.25, 0.3) is 0 Å². The van der Waals surface area contributed by atoms with Gasteiger partial charge in [0.1, 0.15) is 12.3 Å². The normalized spacial score (nSPS) is 48.3. The molecule has 52 valence electrons. The lowest BCUT2D eigenvalue weighted by Crippen LogP contribution is -2.40. The van der Waals surface area contributed by atoms with E-state index >= 15 is 0 Å². The summed E-state index contributed by atoms with van der Waals surface area (Å²) in [7, 11) is 0. The first-order valence-corrected chi connectivity index (χ1v) is 3.28. The lowest BCUT2D eigenvalue weighted by molar-refractivity contribution is -0.0222. The highest BCUT2D eigenvalue weighted by Gasteiger charge is 2.46. The van der Waals surface area contributed by atoms with Crippen molar-refractivity contribution in [3.8, 4) is 0 Å². The molecule has 2 saturated heterocycles. The summed E-state index contributed by atoms with van der Waals surface area (Å²) in [5.41, 5.74) is -0.426. The third kappa shape index (κ3) is 0.682. The van der Waals surface area contributed by atoms with Crippen molar-refractivity contribution in [2.24, 2.45) is 0 Å². The molecular formula is C6H10FNO. The van der Waals surface area contributed by atoms with Gasteiger partial charge in [-0.25, -0.2) is 4.39 Å². The predicted octanol–water partition coefficient (Wildman–Crippen LogP) is 0.0868. The molecule has 0 aromatic rings. The van der Waals surface area contributed by atoms with Crippen molar-refractivity contribution in [2.45, 2.75) is 18.1 Å². The number of ether oxygens (including phenoxy) is 1. The number of hydrogen-bond acceptors (Lipinski definition) is 2. The quantitative estimate of drug-likeness (QED) is 0.544. The maximum atomic E-state index is 12.2. The lowest BCUT2D eigenvalue weighted by Gasteiger charge is -2.22. The molecular weight excluding hydrogens is 121 g/mol. The number of hydrogen-bond donors (Lipinski definition) is 1. The maximum Gasteiger partial charge on any atom is 0.120 e. The van der Waals surface area contributed by atoms with Gasteiger partial charge in [0.05, 0.1) is 6.61 Å². The van der Waals surface area contributed by atoms with Crippen molar-refractivity contribution in [2.75, 3.05) is 19.8 Å². The van der Waals surface area contributed by atoms with Gasteiger partial charge in [-0.2, -0.15) is 0 Å². The van der Waals surface area contributed by atoms with E-state index in [1.54, 1.807) is 0 Å². The standard InChI is InChI=1S/C6H10FNO/c7-3-6-1-5(2-9-6)8-4-6/h5,8H,1-4H2. The molecule has 2 unspecified atom stereocenters. The van der Waals surface area contributed by atoms with E-state index in [0.717, 1.165) is 6.42 Å². The summed E-state index contributed by atoms with van der Waals surface area (Å²) < 4.78 is 17.5. The largest absolute Gasteiger partial charge is 0.369 e. The Balaban J connectivity index is 2.13. The molecule has 2 nitrogen and oxygen atoms in total. The third-order valence-corrected chi connectivity index (χ3v) is 2.17. The van der Waals surface area contributed by atoms with Crippen LogP contribution in [0.25, 0.3) is 0 Å². The summed E-state index contributed by atoms with van der Waals surface area (Å²) in [6, 6.07) is 0.431. The summed E-state index contributed by atoms with van der Waals surface area (Å²) >= 11 is 0. The molecule has 1 N–H and O–H groups in total. The fourth-order valence-electron chi connectivity index (χ4n) is 1.57.